The van der Waals surface area contributed by atoms with E-state index >= 15 is 0 Å². The number of hydrogen-bond acceptors (Lipinski definition) is 5. The monoisotopic (exact) mass is 365 g/mol. The zero-order chi connectivity index (χ0) is 15.0. The molecule has 0 bridgehead atoms. The number of thiophene rings is 1. The summed E-state index contributed by atoms with van der Waals surface area (Å²) in [5, 5.41) is 0.672. The van der Waals surface area contributed by atoms with Crippen molar-refractivity contribution < 1.29 is 4.74 Å². The Kier molecular flexibility index (Phi) is 3.77. The van der Waals surface area contributed by atoms with Crippen LogP contribution in [-0.4, -0.2) is 15.0 Å². The molecule has 0 fully saturated rings. The molecule has 0 atom stereocenters. The van der Waals surface area contributed by atoms with Crippen LogP contribution in [0.1, 0.15) is 16.3 Å². The number of rotatable bonds is 3. The molecular formula is C14H12BrN3O2S. The molecule has 0 radical (unpaired) electrons. The molecule has 0 aliphatic carbocycles. The molecule has 0 aromatic carbocycles. The predicted molar refractivity (Wildman–Crippen MR) is 86.0 cm³/mol. The summed E-state index contributed by atoms with van der Waals surface area (Å²) in [4.78, 5) is 25.2. The molecule has 3 heterocycles. The Morgan fingerprint density at radius 2 is 2.19 bits per heavy atom. The molecule has 0 unspecified atom stereocenters. The van der Waals surface area contributed by atoms with Gasteiger partial charge in [-0.25, -0.2) is 4.98 Å². The molecule has 3 aromatic heterocycles. The summed E-state index contributed by atoms with van der Waals surface area (Å²) in [6.45, 7) is 4.12. The van der Waals surface area contributed by atoms with Gasteiger partial charge in [0.1, 0.15) is 23.0 Å². The van der Waals surface area contributed by atoms with Gasteiger partial charge in [-0.3, -0.25) is 9.78 Å². The van der Waals surface area contributed by atoms with E-state index in [1.165, 1.54) is 11.3 Å². The summed E-state index contributed by atoms with van der Waals surface area (Å²) < 4.78 is 6.43. The van der Waals surface area contributed by atoms with Crippen molar-refractivity contribution in [2.75, 3.05) is 0 Å². The van der Waals surface area contributed by atoms with Crippen molar-refractivity contribution in [3.63, 3.8) is 0 Å². The van der Waals surface area contributed by atoms with Gasteiger partial charge in [0.25, 0.3) is 5.56 Å². The average molecular weight is 366 g/mol. The van der Waals surface area contributed by atoms with Gasteiger partial charge >= 0.3 is 0 Å². The lowest BCUT2D eigenvalue weighted by atomic mass is 10.2. The lowest BCUT2D eigenvalue weighted by molar-refractivity contribution is 0.294. The maximum Gasteiger partial charge on any atom is 0.260 e. The quantitative estimate of drug-likeness (QED) is 0.772. The first kappa shape index (κ1) is 14.2. The number of aromatic amines is 1. The van der Waals surface area contributed by atoms with Crippen LogP contribution in [0.3, 0.4) is 0 Å². The number of nitrogens with one attached hydrogen (secondary N) is 1. The van der Waals surface area contributed by atoms with Crippen LogP contribution in [0.4, 0.5) is 0 Å². The second-order valence-electron chi connectivity index (χ2n) is 4.60. The van der Waals surface area contributed by atoms with E-state index in [0.29, 0.717) is 17.0 Å². The summed E-state index contributed by atoms with van der Waals surface area (Å²) in [5.74, 6) is 1.12. The van der Waals surface area contributed by atoms with E-state index in [0.717, 1.165) is 19.7 Å². The molecule has 0 aliphatic heterocycles. The molecule has 0 spiro atoms. The standard InChI is InChI=1S/C14H12BrN3O2S/c1-7-8(2)21-14-12(7)13(19)17-11(18-14)6-20-10-3-9(15)4-16-5-10/h3-5H,6H2,1-2H3,(H,17,18,19). The number of halogens is 1. The molecular weight excluding hydrogens is 354 g/mol. The molecule has 5 nitrogen and oxygen atoms in total. The van der Waals surface area contributed by atoms with Crippen molar-refractivity contribution in [3.05, 3.63) is 49.6 Å². The molecule has 21 heavy (non-hydrogen) atoms. The molecule has 3 aromatic rings. The highest BCUT2D eigenvalue weighted by Gasteiger charge is 2.12. The van der Waals surface area contributed by atoms with Crippen LogP contribution in [0, 0.1) is 13.8 Å². The molecule has 108 valence electrons. The van der Waals surface area contributed by atoms with E-state index in [9.17, 15) is 4.79 Å². The lowest BCUT2D eigenvalue weighted by Gasteiger charge is -2.05. The van der Waals surface area contributed by atoms with E-state index < -0.39 is 0 Å². The average Bonchev–Trinajstić information content (AvgIpc) is 2.72. The summed E-state index contributed by atoms with van der Waals surface area (Å²) in [6, 6.07) is 1.81. The number of nitrogens with zero attached hydrogens (tertiary/aromatic N) is 2. The van der Waals surface area contributed by atoms with Gasteiger partial charge in [0, 0.05) is 15.5 Å². The summed E-state index contributed by atoms with van der Waals surface area (Å²) in [6.07, 6.45) is 3.29. The second kappa shape index (κ2) is 5.57. The van der Waals surface area contributed by atoms with E-state index in [2.05, 4.69) is 30.9 Å². The number of aryl methyl sites for hydroxylation is 2. The van der Waals surface area contributed by atoms with Crippen molar-refractivity contribution in [2.24, 2.45) is 0 Å². The maximum absolute atomic E-state index is 12.1. The third-order valence-electron chi connectivity index (χ3n) is 3.14. The number of fused-ring (bicyclic) bond motifs is 1. The topological polar surface area (TPSA) is 67.9 Å². The van der Waals surface area contributed by atoms with Crippen molar-refractivity contribution in [2.45, 2.75) is 20.5 Å². The minimum Gasteiger partial charge on any atom is -0.484 e. The molecule has 3 rings (SSSR count). The largest absolute Gasteiger partial charge is 0.484 e. The fraction of sp³-hybridized carbons (Fsp3) is 0.214. The van der Waals surface area contributed by atoms with Crippen LogP contribution in [0.2, 0.25) is 0 Å². The number of ether oxygens (including phenoxy) is 1. The fourth-order valence-electron chi connectivity index (χ4n) is 1.99. The Labute approximate surface area is 133 Å². The first-order valence-electron chi connectivity index (χ1n) is 6.27. The first-order chi connectivity index (χ1) is 10.0. The van der Waals surface area contributed by atoms with E-state index in [-0.39, 0.29) is 12.2 Å². The van der Waals surface area contributed by atoms with Gasteiger partial charge in [0.2, 0.25) is 0 Å². The zero-order valence-electron chi connectivity index (χ0n) is 11.4. The van der Waals surface area contributed by atoms with E-state index in [1.54, 1.807) is 12.4 Å². The highest BCUT2D eigenvalue weighted by atomic mass is 79.9. The number of H-pyrrole nitrogens is 1. The molecule has 0 aliphatic rings. The Balaban J connectivity index is 1.90. The van der Waals surface area contributed by atoms with Crippen molar-refractivity contribution in [1.29, 1.82) is 0 Å². The number of aromatic nitrogens is 3. The van der Waals surface area contributed by atoms with E-state index in [1.807, 2.05) is 19.9 Å². The predicted octanol–water partition coefficient (Wildman–Crippen LogP) is 3.34. The molecule has 1 N–H and O–H groups in total. The minimum absolute atomic E-state index is 0.118. The van der Waals surface area contributed by atoms with Crippen molar-refractivity contribution in [3.8, 4) is 5.75 Å². The van der Waals surface area contributed by atoms with Crippen molar-refractivity contribution in [1.82, 2.24) is 15.0 Å². The highest BCUT2D eigenvalue weighted by Crippen LogP contribution is 2.25. The van der Waals surface area contributed by atoms with Crippen LogP contribution >= 0.6 is 27.3 Å². The van der Waals surface area contributed by atoms with Crippen molar-refractivity contribution >= 4 is 37.5 Å². The van der Waals surface area contributed by atoms with Crippen LogP contribution in [0.15, 0.2) is 27.7 Å². The van der Waals surface area contributed by atoms with E-state index in [4.69, 9.17) is 4.74 Å². The second-order valence-corrected chi connectivity index (χ2v) is 6.72. The van der Waals surface area contributed by atoms with Gasteiger partial charge in [0.05, 0.1) is 11.6 Å². The summed E-state index contributed by atoms with van der Waals surface area (Å²) >= 11 is 4.85. The summed E-state index contributed by atoms with van der Waals surface area (Å²) in [7, 11) is 0. The van der Waals surface area contributed by atoms with Crippen LogP contribution in [-0.2, 0) is 6.61 Å². The summed E-state index contributed by atoms with van der Waals surface area (Å²) in [5.41, 5.74) is 0.875. The minimum atomic E-state index is -0.118. The van der Waals surface area contributed by atoms with Gasteiger partial charge < -0.3 is 9.72 Å². The van der Waals surface area contributed by atoms with Gasteiger partial charge in [-0.2, -0.15) is 0 Å². The molecule has 7 heteroatoms. The third-order valence-corrected chi connectivity index (χ3v) is 4.68. The lowest BCUT2D eigenvalue weighted by Crippen LogP contribution is -2.13. The zero-order valence-corrected chi connectivity index (χ0v) is 13.8. The van der Waals surface area contributed by atoms with Crippen LogP contribution in [0.25, 0.3) is 10.2 Å². The van der Waals surface area contributed by atoms with Crippen LogP contribution < -0.4 is 10.3 Å². The number of hydrogen-bond donors (Lipinski definition) is 1. The smallest absolute Gasteiger partial charge is 0.260 e. The van der Waals surface area contributed by atoms with Gasteiger partial charge in [-0.05, 0) is 41.4 Å². The Morgan fingerprint density at radius 1 is 1.38 bits per heavy atom. The Morgan fingerprint density at radius 3 is 2.95 bits per heavy atom. The molecule has 0 saturated heterocycles. The Hall–Kier alpha value is -1.73. The van der Waals surface area contributed by atoms with Gasteiger partial charge in [-0.15, -0.1) is 11.3 Å². The van der Waals surface area contributed by atoms with Crippen LogP contribution in [0.5, 0.6) is 5.75 Å². The van der Waals surface area contributed by atoms with Gasteiger partial charge in [-0.1, -0.05) is 0 Å². The molecule has 0 amide bonds. The molecule has 0 saturated carbocycles. The first-order valence-corrected chi connectivity index (χ1v) is 7.88. The number of pyridine rings is 1. The fourth-order valence-corrected chi connectivity index (χ4v) is 3.38. The normalized spacial score (nSPS) is 11.0. The van der Waals surface area contributed by atoms with Gasteiger partial charge in [0.15, 0.2) is 0 Å². The highest BCUT2D eigenvalue weighted by molar-refractivity contribution is 9.10. The maximum atomic E-state index is 12.1. The third kappa shape index (κ3) is 2.84. The SMILES string of the molecule is Cc1sc2nc(COc3cncc(Br)c3)[nH]c(=O)c2c1C. The Bertz CT molecular complexity index is 872.